The molecule has 0 spiro atoms. The summed E-state index contributed by atoms with van der Waals surface area (Å²) in [7, 11) is 0. The van der Waals surface area contributed by atoms with Crippen LogP contribution in [-0.4, -0.2) is 31.6 Å². The van der Waals surface area contributed by atoms with Crippen LogP contribution in [-0.2, 0) is 5.41 Å². The number of hydrogen-bond acceptors (Lipinski definition) is 5. The number of fused-ring (bicyclic) bond motifs is 1. The lowest BCUT2D eigenvalue weighted by Crippen LogP contribution is -2.25. The van der Waals surface area contributed by atoms with Gasteiger partial charge in [-0.1, -0.05) is 61.6 Å². The molecular weight excluding hydrogens is 485 g/mol. The van der Waals surface area contributed by atoms with Gasteiger partial charge in [-0.3, -0.25) is 10.4 Å². The van der Waals surface area contributed by atoms with E-state index in [1.807, 2.05) is 17.5 Å². The van der Waals surface area contributed by atoms with Crippen molar-refractivity contribution in [3.63, 3.8) is 0 Å². The van der Waals surface area contributed by atoms with Crippen LogP contribution in [0.3, 0.4) is 0 Å². The molecule has 3 N–H and O–H groups in total. The molecule has 4 rings (SSSR count). The number of rotatable bonds is 6. The van der Waals surface area contributed by atoms with E-state index in [1.54, 1.807) is 30.3 Å². The molecule has 1 unspecified atom stereocenters. The predicted molar refractivity (Wildman–Crippen MR) is 132 cm³/mol. The minimum Gasteiger partial charge on any atom is -0.504 e. The summed E-state index contributed by atoms with van der Waals surface area (Å²) in [6.45, 7) is 8.52. The summed E-state index contributed by atoms with van der Waals surface area (Å²) < 4.78 is 7.60. The second kappa shape index (κ2) is 9.06. The number of hydrogen-bond donors (Lipinski definition) is 3. The third-order valence-corrected chi connectivity index (χ3v) is 6.35. The highest BCUT2D eigenvalue weighted by molar-refractivity contribution is 6.44. The van der Waals surface area contributed by atoms with Crippen molar-refractivity contribution in [1.82, 2.24) is 25.1 Å². The molecule has 33 heavy (non-hydrogen) atoms. The molecule has 2 aromatic carbocycles. The second-order valence-electron chi connectivity index (χ2n) is 8.81. The van der Waals surface area contributed by atoms with Gasteiger partial charge < -0.3 is 9.84 Å². The van der Waals surface area contributed by atoms with Crippen LogP contribution in [0.15, 0.2) is 36.4 Å². The lowest BCUT2D eigenvalue weighted by atomic mass is 9.93. The molecule has 0 radical (unpaired) electrons. The molecule has 0 bridgehead atoms. The van der Waals surface area contributed by atoms with Gasteiger partial charge in [0, 0.05) is 27.8 Å². The first-order valence-electron chi connectivity index (χ1n) is 10.3. The molecule has 174 valence electrons. The van der Waals surface area contributed by atoms with Crippen LogP contribution in [0.25, 0.3) is 16.8 Å². The van der Waals surface area contributed by atoms with Crippen molar-refractivity contribution in [2.75, 3.05) is 6.73 Å². The fourth-order valence-electron chi connectivity index (χ4n) is 3.35. The highest BCUT2D eigenvalue weighted by Gasteiger charge is 2.21. The Hall–Kier alpha value is -2.45. The summed E-state index contributed by atoms with van der Waals surface area (Å²) in [4.78, 5) is 0. The Kier molecular flexibility index (Phi) is 6.51. The van der Waals surface area contributed by atoms with E-state index in [0.29, 0.717) is 31.9 Å². The normalized spacial score (nSPS) is 12.9. The minimum absolute atomic E-state index is 0.0202. The monoisotopic (exact) mass is 507 g/mol. The van der Waals surface area contributed by atoms with Crippen molar-refractivity contribution >= 4 is 40.4 Å². The third kappa shape index (κ3) is 4.92. The smallest absolute Gasteiger partial charge is 0.177 e. The van der Waals surface area contributed by atoms with E-state index in [1.165, 1.54) is 0 Å². The van der Waals surface area contributed by atoms with Gasteiger partial charge in [-0.05, 0) is 36.8 Å². The van der Waals surface area contributed by atoms with Gasteiger partial charge in [0.15, 0.2) is 23.0 Å². The Morgan fingerprint density at radius 3 is 2.48 bits per heavy atom. The number of ether oxygens (including phenoxy) is 1. The van der Waals surface area contributed by atoms with E-state index in [0.717, 1.165) is 17.2 Å². The number of nitrogens with zero attached hydrogens (tertiary/aromatic N) is 3. The molecule has 0 aliphatic heterocycles. The van der Waals surface area contributed by atoms with Crippen LogP contribution < -0.4 is 10.1 Å². The van der Waals surface area contributed by atoms with Gasteiger partial charge in [0.05, 0.1) is 16.1 Å². The second-order valence-corrected chi connectivity index (χ2v) is 10.0. The van der Waals surface area contributed by atoms with E-state index in [2.05, 4.69) is 41.4 Å². The fraction of sp³-hybridized carbons (Fsp3) is 0.304. The average Bonchev–Trinajstić information content (AvgIpc) is 3.33. The molecule has 2 heterocycles. The zero-order chi connectivity index (χ0) is 23.9. The number of H-pyrrole nitrogens is 1. The van der Waals surface area contributed by atoms with E-state index in [4.69, 9.17) is 39.5 Å². The Morgan fingerprint density at radius 1 is 1.06 bits per heavy atom. The number of phenolic OH excluding ortho intramolecular Hbond substituents is 1. The molecule has 2 aromatic heterocycles. The van der Waals surface area contributed by atoms with Crippen molar-refractivity contribution in [3.8, 4) is 22.6 Å². The van der Waals surface area contributed by atoms with E-state index in [9.17, 15) is 5.11 Å². The van der Waals surface area contributed by atoms with Crippen molar-refractivity contribution in [3.05, 3.63) is 63.0 Å². The predicted octanol–water partition coefficient (Wildman–Crippen LogP) is 6.37. The quantitative estimate of drug-likeness (QED) is 0.208. The van der Waals surface area contributed by atoms with E-state index in [-0.39, 0.29) is 23.9 Å². The Balaban J connectivity index is 1.43. The SMILES string of the molecule is CC(NCOc1ccc(-c2cc(Cl)c(Cl)cc2Cl)cc1O)c1nnc2cc(C(C)(C)C)[nH]n12. The van der Waals surface area contributed by atoms with Crippen molar-refractivity contribution in [1.29, 1.82) is 0 Å². The fourth-order valence-corrected chi connectivity index (χ4v) is 4.01. The molecule has 0 saturated carbocycles. The molecule has 0 fully saturated rings. The van der Waals surface area contributed by atoms with Crippen LogP contribution in [0, 0.1) is 0 Å². The summed E-state index contributed by atoms with van der Waals surface area (Å²) in [6.07, 6.45) is 0. The molecular formula is C23H24Cl3N5O2. The van der Waals surface area contributed by atoms with Crippen molar-refractivity contribution in [2.45, 2.75) is 39.2 Å². The Morgan fingerprint density at radius 2 is 1.79 bits per heavy atom. The van der Waals surface area contributed by atoms with Crippen LogP contribution in [0.1, 0.15) is 45.3 Å². The summed E-state index contributed by atoms with van der Waals surface area (Å²) in [6, 6.07) is 10.1. The molecule has 1 atom stereocenters. The zero-order valence-corrected chi connectivity index (χ0v) is 20.8. The number of phenols is 1. The molecule has 7 nitrogen and oxygen atoms in total. The standard InChI is InChI=1S/C23H24Cl3N5O2/c1-12(22-29-28-21-10-20(23(2,3)4)30-31(21)22)27-11-33-19-6-5-13(7-18(19)32)14-8-16(25)17(26)9-15(14)24/h5-10,12,27,30,32H,11H2,1-4H3. The summed E-state index contributed by atoms with van der Waals surface area (Å²) in [5.41, 5.74) is 3.17. The number of nitrogens with one attached hydrogen (secondary N) is 2. The van der Waals surface area contributed by atoms with Gasteiger partial charge in [-0.2, -0.15) is 0 Å². The van der Waals surface area contributed by atoms with Crippen LogP contribution in [0.4, 0.5) is 0 Å². The molecule has 0 aliphatic rings. The van der Waals surface area contributed by atoms with E-state index < -0.39 is 0 Å². The van der Waals surface area contributed by atoms with Gasteiger partial charge in [-0.25, -0.2) is 4.52 Å². The molecule has 0 amide bonds. The maximum atomic E-state index is 10.5. The summed E-state index contributed by atoms with van der Waals surface area (Å²) in [5.74, 6) is 1.04. The highest BCUT2D eigenvalue weighted by atomic mass is 35.5. The number of benzene rings is 2. The third-order valence-electron chi connectivity index (χ3n) is 5.31. The maximum Gasteiger partial charge on any atom is 0.177 e. The molecule has 4 aromatic rings. The van der Waals surface area contributed by atoms with Crippen molar-refractivity contribution < 1.29 is 9.84 Å². The van der Waals surface area contributed by atoms with Crippen molar-refractivity contribution in [2.24, 2.45) is 0 Å². The topological polar surface area (TPSA) is 87.5 Å². The first kappa shape index (κ1) is 23.7. The van der Waals surface area contributed by atoms with Crippen LogP contribution >= 0.6 is 34.8 Å². The van der Waals surface area contributed by atoms with E-state index >= 15 is 0 Å². The lowest BCUT2D eigenvalue weighted by Gasteiger charge is -2.16. The summed E-state index contributed by atoms with van der Waals surface area (Å²) in [5, 5.41) is 26.8. The van der Waals surface area contributed by atoms with Gasteiger partial charge in [0.1, 0.15) is 6.73 Å². The molecule has 0 aliphatic carbocycles. The first-order chi connectivity index (χ1) is 15.5. The van der Waals surface area contributed by atoms with Gasteiger partial charge in [0.25, 0.3) is 0 Å². The average molecular weight is 509 g/mol. The maximum absolute atomic E-state index is 10.5. The van der Waals surface area contributed by atoms with Crippen LogP contribution in [0.5, 0.6) is 11.5 Å². The number of aromatic hydroxyl groups is 1. The Labute approximate surface area is 206 Å². The Bertz CT molecular complexity index is 1310. The highest BCUT2D eigenvalue weighted by Crippen LogP contribution is 2.38. The minimum atomic E-state index is -0.150. The molecule has 10 heteroatoms. The van der Waals surface area contributed by atoms with Gasteiger partial charge in [-0.15, -0.1) is 10.2 Å². The van der Waals surface area contributed by atoms with Gasteiger partial charge in [0.2, 0.25) is 0 Å². The summed E-state index contributed by atoms with van der Waals surface area (Å²) >= 11 is 18.4. The van der Waals surface area contributed by atoms with Gasteiger partial charge >= 0.3 is 0 Å². The number of halogens is 3. The first-order valence-corrected chi connectivity index (χ1v) is 11.5. The zero-order valence-electron chi connectivity index (χ0n) is 18.6. The largest absolute Gasteiger partial charge is 0.504 e. The molecule has 0 saturated heterocycles. The number of aromatic nitrogens is 4. The number of aromatic amines is 1. The van der Waals surface area contributed by atoms with Crippen LogP contribution in [0.2, 0.25) is 15.1 Å². The lowest BCUT2D eigenvalue weighted by molar-refractivity contribution is 0.253.